The lowest BCUT2D eigenvalue weighted by Crippen LogP contribution is -2.49. The lowest BCUT2D eigenvalue weighted by molar-refractivity contribution is -0.142. The summed E-state index contributed by atoms with van der Waals surface area (Å²) >= 11 is 0. The molecule has 0 aromatic heterocycles. The van der Waals surface area contributed by atoms with Crippen LogP contribution >= 0.6 is 0 Å². The molecule has 0 unspecified atom stereocenters. The fourth-order valence-corrected chi connectivity index (χ4v) is 3.08. The maximum atomic E-state index is 13.0. The third kappa shape index (κ3) is 4.82. The summed E-state index contributed by atoms with van der Waals surface area (Å²) in [6.45, 7) is 0. The van der Waals surface area contributed by atoms with Gasteiger partial charge in [0.25, 0.3) is 0 Å². The fraction of sp³-hybridized carbons (Fsp3) is 0.857. The molecule has 0 saturated heterocycles. The van der Waals surface area contributed by atoms with Crippen molar-refractivity contribution >= 4 is 12.0 Å². The molecule has 5 nitrogen and oxygen atoms in total. The smallest absolute Gasteiger partial charge is 0.315 e. The highest BCUT2D eigenvalue weighted by atomic mass is 19.3. The van der Waals surface area contributed by atoms with Crippen LogP contribution in [-0.4, -0.2) is 35.1 Å². The minimum atomic E-state index is -2.59. The van der Waals surface area contributed by atoms with Crippen LogP contribution in [0, 0.1) is 5.92 Å². The fourth-order valence-electron chi connectivity index (χ4n) is 3.08. The summed E-state index contributed by atoms with van der Waals surface area (Å²) in [7, 11) is 0. The Labute approximate surface area is 122 Å². The first-order valence-corrected chi connectivity index (χ1v) is 7.53. The molecular weight excluding hydrogens is 282 g/mol. The van der Waals surface area contributed by atoms with E-state index in [1.807, 2.05) is 0 Å². The summed E-state index contributed by atoms with van der Waals surface area (Å²) in [6, 6.07) is -0.547. The second kappa shape index (κ2) is 6.58. The highest BCUT2D eigenvalue weighted by molar-refractivity contribution is 5.74. The molecule has 2 aliphatic rings. The van der Waals surface area contributed by atoms with Gasteiger partial charge >= 0.3 is 12.0 Å². The molecule has 3 N–H and O–H groups in total. The van der Waals surface area contributed by atoms with E-state index in [1.54, 1.807) is 0 Å². The number of hydrogen-bond donors (Lipinski definition) is 3. The molecule has 0 radical (unpaired) electrons. The molecule has 0 aromatic carbocycles. The average Bonchev–Trinajstić information content (AvgIpc) is 2.42. The van der Waals surface area contributed by atoms with E-state index in [-0.39, 0.29) is 36.9 Å². The van der Waals surface area contributed by atoms with Crippen LogP contribution in [0.3, 0.4) is 0 Å². The number of amides is 2. The largest absolute Gasteiger partial charge is 0.481 e. The van der Waals surface area contributed by atoms with Gasteiger partial charge in [0, 0.05) is 24.9 Å². The van der Waals surface area contributed by atoms with E-state index in [2.05, 4.69) is 10.6 Å². The van der Waals surface area contributed by atoms with Crippen molar-refractivity contribution < 1.29 is 23.5 Å². The summed E-state index contributed by atoms with van der Waals surface area (Å²) in [5, 5.41) is 14.5. The number of urea groups is 1. The SMILES string of the molecule is O=C(NC1CCC(C(=O)O)CC1)NC1CCC(F)(F)CC1. The summed E-state index contributed by atoms with van der Waals surface area (Å²) in [6.07, 6.45) is 2.66. The summed E-state index contributed by atoms with van der Waals surface area (Å²) in [4.78, 5) is 22.7. The number of carboxylic acids is 1. The first-order chi connectivity index (χ1) is 9.85. The van der Waals surface area contributed by atoms with E-state index < -0.39 is 11.9 Å². The van der Waals surface area contributed by atoms with Gasteiger partial charge in [0.05, 0.1) is 5.92 Å². The predicted octanol–water partition coefficient (Wildman–Crippen LogP) is 2.51. The van der Waals surface area contributed by atoms with E-state index in [9.17, 15) is 18.4 Å². The van der Waals surface area contributed by atoms with Crippen LogP contribution in [0.1, 0.15) is 51.4 Å². The minimum absolute atomic E-state index is 0.0226. The third-order valence-electron chi connectivity index (χ3n) is 4.46. The van der Waals surface area contributed by atoms with Crippen molar-refractivity contribution in [1.82, 2.24) is 10.6 Å². The monoisotopic (exact) mass is 304 g/mol. The number of aliphatic carboxylic acids is 1. The van der Waals surface area contributed by atoms with Crippen molar-refractivity contribution in [2.75, 3.05) is 0 Å². The Bertz CT molecular complexity index is 386. The predicted molar refractivity (Wildman–Crippen MR) is 72.3 cm³/mol. The van der Waals surface area contributed by atoms with Gasteiger partial charge in [0.1, 0.15) is 0 Å². The zero-order chi connectivity index (χ0) is 15.5. The number of halogens is 2. The quantitative estimate of drug-likeness (QED) is 0.749. The second-order valence-electron chi connectivity index (χ2n) is 6.13. The summed E-state index contributed by atoms with van der Waals surface area (Å²) < 4.78 is 26.0. The molecule has 2 aliphatic carbocycles. The molecule has 0 atom stereocenters. The Balaban J connectivity index is 1.68. The number of rotatable bonds is 3. The summed E-state index contributed by atoms with van der Waals surface area (Å²) in [5.74, 6) is -3.68. The molecule has 2 amide bonds. The van der Waals surface area contributed by atoms with E-state index in [0.29, 0.717) is 38.5 Å². The van der Waals surface area contributed by atoms with Crippen molar-refractivity contribution in [2.24, 2.45) is 5.92 Å². The number of carbonyl (C=O) groups is 2. The molecule has 0 spiro atoms. The third-order valence-corrected chi connectivity index (χ3v) is 4.46. The van der Waals surface area contributed by atoms with Crippen LogP contribution in [0.5, 0.6) is 0 Å². The molecule has 0 aliphatic heterocycles. The van der Waals surface area contributed by atoms with Gasteiger partial charge in [-0.05, 0) is 38.5 Å². The first kappa shape index (κ1) is 16.0. The molecule has 0 heterocycles. The molecule has 2 saturated carbocycles. The standard InChI is InChI=1S/C14H22F2N2O3/c15-14(16)7-5-11(6-8-14)18-13(21)17-10-3-1-9(2-4-10)12(19)20/h9-11H,1-8H2,(H,19,20)(H2,17,18,21). The Morgan fingerprint density at radius 2 is 1.38 bits per heavy atom. The average molecular weight is 304 g/mol. The van der Waals surface area contributed by atoms with Gasteiger partial charge in [-0.1, -0.05) is 0 Å². The van der Waals surface area contributed by atoms with Crippen LogP contribution in [0.4, 0.5) is 13.6 Å². The molecule has 2 fully saturated rings. The van der Waals surface area contributed by atoms with Crippen LogP contribution < -0.4 is 10.6 Å². The normalized spacial score (nSPS) is 29.6. The molecule has 21 heavy (non-hydrogen) atoms. The number of hydrogen-bond acceptors (Lipinski definition) is 2. The Hall–Kier alpha value is -1.40. The second-order valence-corrected chi connectivity index (χ2v) is 6.13. The first-order valence-electron chi connectivity index (χ1n) is 7.53. The lowest BCUT2D eigenvalue weighted by atomic mass is 9.86. The van der Waals surface area contributed by atoms with E-state index in [4.69, 9.17) is 5.11 Å². The Morgan fingerprint density at radius 1 is 0.905 bits per heavy atom. The number of alkyl halides is 2. The number of nitrogens with one attached hydrogen (secondary N) is 2. The molecule has 7 heteroatoms. The van der Waals surface area contributed by atoms with Gasteiger partial charge in [0.15, 0.2) is 0 Å². The van der Waals surface area contributed by atoms with E-state index in [1.165, 1.54) is 0 Å². The molecule has 0 bridgehead atoms. The van der Waals surface area contributed by atoms with Gasteiger partial charge in [-0.15, -0.1) is 0 Å². The van der Waals surface area contributed by atoms with Crippen molar-refractivity contribution in [3.05, 3.63) is 0 Å². The van der Waals surface area contributed by atoms with Crippen LogP contribution in [0.15, 0.2) is 0 Å². The highest BCUT2D eigenvalue weighted by Crippen LogP contribution is 2.33. The van der Waals surface area contributed by atoms with Crippen molar-refractivity contribution in [3.63, 3.8) is 0 Å². The van der Waals surface area contributed by atoms with Crippen LogP contribution in [-0.2, 0) is 4.79 Å². The molecular formula is C14H22F2N2O3. The zero-order valence-electron chi connectivity index (χ0n) is 11.9. The Kier molecular flexibility index (Phi) is 5.00. The minimum Gasteiger partial charge on any atom is -0.481 e. The van der Waals surface area contributed by atoms with Crippen molar-refractivity contribution in [1.29, 1.82) is 0 Å². The van der Waals surface area contributed by atoms with Crippen LogP contribution in [0.2, 0.25) is 0 Å². The van der Waals surface area contributed by atoms with Gasteiger partial charge in [-0.3, -0.25) is 4.79 Å². The number of carboxylic acid groups (broad SMARTS) is 1. The van der Waals surface area contributed by atoms with Crippen molar-refractivity contribution in [2.45, 2.75) is 69.4 Å². The van der Waals surface area contributed by atoms with Crippen molar-refractivity contribution in [3.8, 4) is 0 Å². The molecule has 2 rings (SSSR count). The van der Waals surface area contributed by atoms with Gasteiger partial charge in [-0.2, -0.15) is 0 Å². The van der Waals surface area contributed by atoms with Gasteiger partial charge < -0.3 is 15.7 Å². The summed E-state index contributed by atoms with van der Waals surface area (Å²) in [5.41, 5.74) is 0. The molecule has 120 valence electrons. The molecule has 0 aromatic rings. The van der Waals surface area contributed by atoms with E-state index >= 15 is 0 Å². The van der Waals surface area contributed by atoms with Crippen LogP contribution in [0.25, 0.3) is 0 Å². The lowest BCUT2D eigenvalue weighted by Gasteiger charge is -2.31. The maximum absolute atomic E-state index is 13.0. The van der Waals surface area contributed by atoms with E-state index in [0.717, 1.165) is 0 Å². The Morgan fingerprint density at radius 3 is 1.86 bits per heavy atom. The van der Waals surface area contributed by atoms with Gasteiger partial charge in [-0.25, -0.2) is 13.6 Å². The highest BCUT2D eigenvalue weighted by Gasteiger charge is 2.35. The maximum Gasteiger partial charge on any atom is 0.315 e. The van der Waals surface area contributed by atoms with Gasteiger partial charge in [0.2, 0.25) is 5.92 Å². The number of carbonyl (C=O) groups excluding carboxylic acids is 1. The zero-order valence-corrected chi connectivity index (χ0v) is 11.9. The topological polar surface area (TPSA) is 78.4 Å².